The van der Waals surface area contributed by atoms with Crippen LogP contribution in [0.5, 0.6) is 5.75 Å². The normalized spacial score (nSPS) is 10.1. The highest BCUT2D eigenvalue weighted by Gasteiger charge is 2.08. The first kappa shape index (κ1) is 14.1. The number of carbonyl (C=O) groups is 1. The third kappa shape index (κ3) is 3.82. The molecule has 0 aliphatic rings. The number of amides is 1. The molecule has 4 heteroatoms. The molecule has 20 heavy (non-hydrogen) atoms. The largest absolute Gasteiger partial charge is 0.492 e. The number of hydrogen-bond donors (Lipinski definition) is 1. The van der Waals surface area contributed by atoms with Crippen LogP contribution < -0.4 is 10.1 Å². The highest BCUT2D eigenvalue weighted by Crippen LogP contribution is 2.23. The van der Waals surface area contributed by atoms with Crippen LogP contribution in [-0.2, 0) is 11.2 Å². The molecule has 3 nitrogen and oxygen atoms in total. The number of ether oxygens (including phenoxy) is 1. The topological polar surface area (TPSA) is 38.3 Å². The van der Waals surface area contributed by atoms with Gasteiger partial charge in [0, 0.05) is 0 Å². The van der Waals surface area contributed by atoms with Crippen molar-refractivity contribution in [3.8, 4) is 5.75 Å². The van der Waals surface area contributed by atoms with E-state index in [2.05, 4.69) is 5.32 Å². The van der Waals surface area contributed by atoms with Crippen LogP contribution >= 0.6 is 0 Å². The van der Waals surface area contributed by atoms with Gasteiger partial charge < -0.3 is 10.1 Å². The van der Waals surface area contributed by atoms with Crippen molar-refractivity contribution >= 4 is 11.6 Å². The second-order valence-electron chi connectivity index (χ2n) is 4.28. The lowest BCUT2D eigenvalue weighted by molar-refractivity contribution is -0.115. The smallest absolute Gasteiger partial charge is 0.228 e. The van der Waals surface area contributed by atoms with Crippen LogP contribution in [-0.4, -0.2) is 12.5 Å². The molecule has 0 bridgehead atoms. The third-order valence-electron chi connectivity index (χ3n) is 2.74. The van der Waals surface area contributed by atoms with Gasteiger partial charge in [0.1, 0.15) is 11.6 Å². The zero-order valence-electron chi connectivity index (χ0n) is 11.2. The molecule has 0 heterocycles. The maximum atomic E-state index is 12.8. The lowest BCUT2D eigenvalue weighted by Crippen LogP contribution is -2.15. The van der Waals surface area contributed by atoms with Gasteiger partial charge in [-0.25, -0.2) is 4.39 Å². The first-order chi connectivity index (χ1) is 9.69. The van der Waals surface area contributed by atoms with E-state index in [1.165, 1.54) is 12.1 Å². The van der Waals surface area contributed by atoms with Crippen molar-refractivity contribution in [2.24, 2.45) is 0 Å². The van der Waals surface area contributed by atoms with Crippen molar-refractivity contribution < 1.29 is 13.9 Å². The number of carbonyl (C=O) groups excluding carboxylic acids is 1. The summed E-state index contributed by atoms with van der Waals surface area (Å²) >= 11 is 0. The molecule has 104 valence electrons. The van der Waals surface area contributed by atoms with E-state index in [0.29, 0.717) is 18.0 Å². The summed E-state index contributed by atoms with van der Waals surface area (Å²) in [6.07, 6.45) is 0.195. The molecule has 0 atom stereocenters. The van der Waals surface area contributed by atoms with Crippen LogP contribution in [0.3, 0.4) is 0 Å². The Kier molecular flexibility index (Phi) is 4.71. The van der Waals surface area contributed by atoms with E-state index in [1.54, 1.807) is 24.3 Å². The van der Waals surface area contributed by atoms with Crippen molar-refractivity contribution in [3.63, 3.8) is 0 Å². The van der Waals surface area contributed by atoms with Gasteiger partial charge in [-0.3, -0.25) is 4.79 Å². The second kappa shape index (κ2) is 6.70. The fourth-order valence-corrected chi connectivity index (χ4v) is 1.83. The van der Waals surface area contributed by atoms with E-state index in [4.69, 9.17) is 4.74 Å². The molecule has 0 saturated carbocycles. The Morgan fingerprint density at radius 3 is 2.55 bits per heavy atom. The predicted octanol–water partition coefficient (Wildman–Crippen LogP) is 3.41. The first-order valence-corrected chi connectivity index (χ1v) is 6.45. The van der Waals surface area contributed by atoms with Gasteiger partial charge in [0.25, 0.3) is 0 Å². The van der Waals surface area contributed by atoms with Crippen LogP contribution in [0.4, 0.5) is 10.1 Å². The number of halogens is 1. The zero-order valence-corrected chi connectivity index (χ0v) is 11.2. The maximum absolute atomic E-state index is 12.8. The molecule has 0 aromatic heterocycles. The summed E-state index contributed by atoms with van der Waals surface area (Å²) in [7, 11) is 0. The average molecular weight is 273 g/mol. The van der Waals surface area contributed by atoms with Gasteiger partial charge in [-0.1, -0.05) is 24.3 Å². The summed E-state index contributed by atoms with van der Waals surface area (Å²) < 4.78 is 18.2. The van der Waals surface area contributed by atoms with E-state index in [1.807, 2.05) is 19.1 Å². The molecule has 0 unspecified atom stereocenters. The maximum Gasteiger partial charge on any atom is 0.228 e. The molecule has 1 N–H and O–H groups in total. The number of para-hydroxylation sites is 2. The van der Waals surface area contributed by atoms with Crippen molar-refractivity contribution in [2.45, 2.75) is 13.3 Å². The van der Waals surface area contributed by atoms with Crippen LogP contribution in [0.15, 0.2) is 48.5 Å². The quantitative estimate of drug-likeness (QED) is 0.906. The molecular formula is C16H16FNO2. The fourth-order valence-electron chi connectivity index (χ4n) is 1.83. The van der Waals surface area contributed by atoms with Crippen LogP contribution in [0, 0.1) is 5.82 Å². The van der Waals surface area contributed by atoms with Crippen LogP contribution in [0.2, 0.25) is 0 Å². The van der Waals surface area contributed by atoms with E-state index in [0.717, 1.165) is 5.56 Å². The molecular weight excluding hydrogens is 257 g/mol. The lowest BCUT2D eigenvalue weighted by Gasteiger charge is -2.11. The number of anilines is 1. The minimum Gasteiger partial charge on any atom is -0.492 e. The fraction of sp³-hybridized carbons (Fsp3) is 0.188. The average Bonchev–Trinajstić information content (AvgIpc) is 2.44. The Morgan fingerprint density at radius 1 is 1.15 bits per heavy atom. The molecule has 0 aliphatic heterocycles. The van der Waals surface area contributed by atoms with Gasteiger partial charge in [0.2, 0.25) is 5.91 Å². The van der Waals surface area contributed by atoms with Crippen LogP contribution in [0.25, 0.3) is 0 Å². The number of hydrogen-bond acceptors (Lipinski definition) is 2. The minimum atomic E-state index is -0.309. The number of benzene rings is 2. The van der Waals surface area contributed by atoms with Gasteiger partial charge in [-0.15, -0.1) is 0 Å². The van der Waals surface area contributed by atoms with E-state index < -0.39 is 0 Å². The highest BCUT2D eigenvalue weighted by molar-refractivity contribution is 5.93. The summed E-state index contributed by atoms with van der Waals surface area (Å²) in [4.78, 5) is 12.0. The van der Waals surface area contributed by atoms with Crippen LogP contribution in [0.1, 0.15) is 12.5 Å². The summed E-state index contributed by atoms with van der Waals surface area (Å²) in [6, 6.07) is 13.2. The summed E-state index contributed by atoms with van der Waals surface area (Å²) in [5.74, 6) is 0.169. The Hall–Kier alpha value is -2.36. The summed E-state index contributed by atoms with van der Waals surface area (Å²) in [5.41, 5.74) is 1.40. The Morgan fingerprint density at radius 2 is 1.85 bits per heavy atom. The monoisotopic (exact) mass is 273 g/mol. The first-order valence-electron chi connectivity index (χ1n) is 6.45. The molecule has 0 spiro atoms. The summed E-state index contributed by atoms with van der Waals surface area (Å²) in [5, 5.41) is 2.80. The molecule has 2 aromatic carbocycles. The minimum absolute atomic E-state index is 0.163. The Labute approximate surface area is 117 Å². The molecule has 2 aromatic rings. The molecule has 2 rings (SSSR count). The van der Waals surface area contributed by atoms with Crippen molar-refractivity contribution in [3.05, 3.63) is 59.9 Å². The third-order valence-corrected chi connectivity index (χ3v) is 2.74. The van der Waals surface area contributed by atoms with E-state index in [-0.39, 0.29) is 18.1 Å². The summed E-state index contributed by atoms with van der Waals surface area (Å²) in [6.45, 7) is 2.42. The van der Waals surface area contributed by atoms with E-state index >= 15 is 0 Å². The van der Waals surface area contributed by atoms with Gasteiger partial charge in [-0.05, 0) is 36.8 Å². The molecule has 1 amide bonds. The molecule has 0 saturated heterocycles. The van der Waals surface area contributed by atoms with Crippen molar-refractivity contribution in [2.75, 3.05) is 11.9 Å². The van der Waals surface area contributed by atoms with E-state index in [9.17, 15) is 9.18 Å². The van der Waals surface area contributed by atoms with Gasteiger partial charge in [0.05, 0.1) is 18.7 Å². The molecule has 0 aliphatic carbocycles. The van der Waals surface area contributed by atoms with Crippen molar-refractivity contribution in [1.29, 1.82) is 0 Å². The zero-order chi connectivity index (χ0) is 14.4. The Bertz CT molecular complexity index is 581. The van der Waals surface area contributed by atoms with Gasteiger partial charge in [0.15, 0.2) is 0 Å². The van der Waals surface area contributed by atoms with Gasteiger partial charge >= 0.3 is 0 Å². The highest BCUT2D eigenvalue weighted by atomic mass is 19.1. The lowest BCUT2D eigenvalue weighted by atomic mass is 10.1. The predicted molar refractivity (Wildman–Crippen MR) is 76.3 cm³/mol. The second-order valence-corrected chi connectivity index (χ2v) is 4.28. The Balaban J connectivity index is 2.02. The molecule has 0 radical (unpaired) electrons. The number of rotatable bonds is 5. The van der Waals surface area contributed by atoms with Crippen molar-refractivity contribution in [1.82, 2.24) is 0 Å². The SMILES string of the molecule is CCOc1ccccc1NC(=O)Cc1ccc(F)cc1. The van der Waals surface area contributed by atoms with Gasteiger partial charge in [-0.2, -0.15) is 0 Å². The standard InChI is InChI=1S/C16H16FNO2/c1-2-20-15-6-4-3-5-14(15)18-16(19)11-12-7-9-13(17)10-8-12/h3-10H,2,11H2,1H3,(H,18,19). The number of nitrogens with one attached hydrogen (secondary N) is 1. The molecule has 0 fully saturated rings.